The third kappa shape index (κ3) is 12.4. The van der Waals surface area contributed by atoms with Crippen molar-refractivity contribution in [1.29, 1.82) is 0 Å². The fourth-order valence-corrected chi connectivity index (χ4v) is 2.33. The molecule has 1 aliphatic rings. The summed E-state index contributed by atoms with van der Waals surface area (Å²) in [4.78, 5) is 0. The predicted molar refractivity (Wildman–Crippen MR) is 78.5 cm³/mol. The Morgan fingerprint density at radius 1 is 0.667 bits per heavy atom. The van der Waals surface area contributed by atoms with E-state index in [0.29, 0.717) is 12.8 Å². The summed E-state index contributed by atoms with van der Waals surface area (Å²) in [5, 5.41) is 17.9. The van der Waals surface area contributed by atoms with Crippen molar-refractivity contribution in [3.63, 3.8) is 0 Å². The molecule has 0 aliphatic heterocycles. The van der Waals surface area contributed by atoms with Gasteiger partial charge in [0.15, 0.2) is 5.79 Å². The molecular formula is C16H34O2. The number of rotatable bonds is 7. The molecule has 1 aliphatic carbocycles. The van der Waals surface area contributed by atoms with Crippen LogP contribution in [0.4, 0.5) is 0 Å². The van der Waals surface area contributed by atoms with Crippen LogP contribution in [0.15, 0.2) is 0 Å². The van der Waals surface area contributed by atoms with E-state index in [0.717, 1.165) is 19.3 Å². The van der Waals surface area contributed by atoms with Crippen LogP contribution in [-0.2, 0) is 0 Å². The van der Waals surface area contributed by atoms with Gasteiger partial charge in [-0.2, -0.15) is 0 Å². The second kappa shape index (κ2) is 12.0. The van der Waals surface area contributed by atoms with Gasteiger partial charge in [-0.3, -0.25) is 0 Å². The molecule has 0 bridgehead atoms. The Labute approximate surface area is 114 Å². The number of hydrogen-bond acceptors (Lipinski definition) is 2. The Bertz CT molecular complexity index is 150. The van der Waals surface area contributed by atoms with Gasteiger partial charge in [0.05, 0.1) is 0 Å². The third-order valence-electron chi connectivity index (χ3n) is 3.61. The molecule has 0 saturated heterocycles. The first-order valence-electron chi connectivity index (χ1n) is 8.07. The summed E-state index contributed by atoms with van der Waals surface area (Å²) in [5.74, 6) is -1.32. The molecule has 0 heterocycles. The lowest BCUT2D eigenvalue weighted by molar-refractivity contribution is -0.180. The lowest BCUT2D eigenvalue weighted by atomic mass is 9.95. The van der Waals surface area contributed by atoms with Crippen molar-refractivity contribution in [3.05, 3.63) is 0 Å². The first-order valence-corrected chi connectivity index (χ1v) is 8.07. The zero-order valence-corrected chi connectivity index (χ0v) is 12.6. The van der Waals surface area contributed by atoms with Gasteiger partial charge in [-0.25, -0.2) is 0 Å². The molecule has 1 fully saturated rings. The van der Waals surface area contributed by atoms with Crippen LogP contribution >= 0.6 is 0 Å². The van der Waals surface area contributed by atoms with E-state index in [9.17, 15) is 0 Å². The molecule has 0 aromatic heterocycles. The predicted octanol–water partition coefficient (Wildman–Crippen LogP) is 4.78. The summed E-state index contributed by atoms with van der Waals surface area (Å²) in [5.41, 5.74) is 0. The molecule has 0 amide bonds. The van der Waals surface area contributed by atoms with Gasteiger partial charge in [-0.15, -0.1) is 0 Å². The average Bonchev–Trinajstić information content (AvgIpc) is 2.34. The number of hydrogen-bond donors (Lipinski definition) is 2. The zero-order valence-electron chi connectivity index (χ0n) is 12.6. The Morgan fingerprint density at radius 3 is 1.33 bits per heavy atom. The molecule has 0 spiro atoms. The highest BCUT2D eigenvalue weighted by molar-refractivity contribution is 4.69. The van der Waals surface area contributed by atoms with E-state index in [1.165, 1.54) is 51.4 Å². The van der Waals surface area contributed by atoms with Crippen molar-refractivity contribution in [3.8, 4) is 0 Å². The van der Waals surface area contributed by atoms with Gasteiger partial charge >= 0.3 is 0 Å². The molecule has 0 aromatic carbocycles. The van der Waals surface area contributed by atoms with Crippen LogP contribution in [0.3, 0.4) is 0 Å². The monoisotopic (exact) mass is 258 g/mol. The topological polar surface area (TPSA) is 40.5 Å². The van der Waals surface area contributed by atoms with E-state index < -0.39 is 5.79 Å². The highest BCUT2D eigenvalue weighted by Gasteiger charge is 2.24. The zero-order chi connectivity index (χ0) is 13.7. The Kier molecular flexibility index (Phi) is 11.9. The second-order valence-electron chi connectivity index (χ2n) is 5.66. The molecule has 2 heteroatoms. The normalized spacial score (nSPS) is 18.0. The summed E-state index contributed by atoms with van der Waals surface area (Å²) >= 11 is 0. The van der Waals surface area contributed by atoms with E-state index in [1.807, 2.05) is 0 Å². The maximum atomic E-state index is 8.93. The fraction of sp³-hybridized carbons (Fsp3) is 1.00. The van der Waals surface area contributed by atoms with Crippen LogP contribution in [0.5, 0.6) is 0 Å². The van der Waals surface area contributed by atoms with Gasteiger partial charge in [0, 0.05) is 12.8 Å². The van der Waals surface area contributed by atoms with Crippen LogP contribution in [0.25, 0.3) is 0 Å². The lowest BCUT2D eigenvalue weighted by Crippen LogP contribution is -2.30. The van der Waals surface area contributed by atoms with Crippen LogP contribution in [0, 0.1) is 0 Å². The first-order chi connectivity index (χ1) is 8.62. The Balaban J connectivity index is 0.000000327. The molecule has 0 aromatic rings. The van der Waals surface area contributed by atoms with Crippen molar-refractivity contribution in [1.82, 2.24) is 0 Å². The summed E-state index contributed by atoms with van der Waals surface area (Å²) in [6.07, 6.45) is 15.7. The minimum atomic E-state index is -1.32. The molecule has 2 nitrogen and oxygen atoms in total. The summed E-state index contributed by atoms with van der Waals surface area (Å²) in [7, 11) is 0. The minimum absolute atomic E-state index is 0.562. The maximum absolute atomic E-state index is 8.93. The van der Waals surface area contributed by atoms with Gasteiger partial charge in [0.25, 0.3) is 0 Å². The number of aliphatic hydroxyl groups is 2. The first kappa shape index (κ1) is 17.9. The fourth-order valence-electron chi connectivity index (χ4n) is 2.33. The van der Waals surface area contributed by atoms with E-state index >= 15 is 0 Å². The van der Waals surface area contributed by atoms with Crippen molar-refractivity contribution in [2.24, 2.45) is 0 Å². The van der Waals surface area contributed by atoms with Gasteiger partial charge in [0.2, 0.25) is 0 Å². The van der Waals surface area contributed by atoms with Crippen molar-refractivity contribution >= 4 is 0 Å². The quantitative estimate of drug-likeness (QED) is 0.509. The molecule has 0 atom stereocenters. The van der Waals surface area contributed by atoms with Crippen LogP contribution in [-0.4, -0.2) is 16.0 Å². The standard InChI is InChI=1S/C10H22.C6H12O2/c1-3-5-7-9-10-8-6-4-2;7-6(8)4-2-1-3-5-6/h3-10H2,1-2H3;7-8H,1-5H2. The van der Waals surface area contributed by atoms with Gasteiger partial charge in [-0.1, -0.05) is 71.6 Å². The molecule has 1 saturated carbocycles. The lowest BCUT2D eigenvalue weighted by Gasteiger charge is -2.25. The molecule has 1 rings (SSSR count). The SMILES string of the molecule is CCCCCCCCCC.OC1(O)CCCCC1. The summed E-state index contributed by atoms with van der Waals surface area (Å²) in [6.45, 7) is 4.54. The van der Waals surface area contributed by atoms with E-state index in [1.54, 1.807) is 0 Å². The number of unbranched alkanes of at least 4 members (excludes halogenated alkanes) is 7. The smallest absolute Gasteiger partial charge is 0.162 e. The van der Waals surface area contributed by atoms with Gasteiger partial charge < -0.3 is 10.2 Å². The minimum Gasteiger partial charge on any atom is -0.366 e. The molecule has 2 N–H and O–H groups in total. The van der Waals surface area contributed by atoms with E-state index in [4.69, 9.17) is 10.2 Å². The highest BCUT2D eigenvalue weighted by Crippen LogP contribution is 2.24. The van der Waals surface area contributed by atoms with Gasteiger partial charge in [-0.05, 0) is 12.8 Å². The summed E-state index contributed by atoms with van der Waals surface area (Å²) in [6, 6.07) is 0. The van der Waals surface area contributed by atoms with Crippen molar-refractivity contribution < 1.29 is 10.2 Å². The molecule has 0 radical (unpaired) electrons. The Hall–Kier alpha value is -0.0800. The van der Waals surface area contributed by atoms with Crippen LogP contribution in [0.2, 0.25) is 0 Å². The van der Waals surface area contributed by atoms with E-state index in [-0.39, 0.29) is 0 Å². The van der Waals surface area contributed by atoms with Crippen LogP contribution < -0.4 is 0 Å². The molecule has 0 unspecified atom stereocenters. The molecule has 110 valence electrons. The largest absolute Gasteiger partial charge is 0.366 e. The molecular weight excluding hydrogens is 224 g/mol. The average molecular weight is 258 g/mol. The van der Waals surface area contributed by atoms with Gasteiger partial charge in [0.1, 0.15) is 0 Å². The Morgan fingerprint density at radius 2 is 1.06 bits per heavy atom. The molecule has 18 heavy (non-hydrogen) atoms. The van der Waals surface area contributed by atoms with Crippen molar-refractivity contribution in [2.45, 2.75) is 103 Å². The van der Waals surface area contributed by atoms with Crippen molar-refractivity contribution in [2.75, 3.05) is 0 Å². The summed E-state index contributed by atoms with van der Waals surface area (Å²) < 4.78 is 0. The second-order valence-corrected chi connectivity index (χ2v) is 5.66. The van der Waals surface area contributed by atoms with Crippen LogP contribution in [0.1, 0.15) is 97.3 Å². The highest BCUT2D eigenvalue weighted by atomic mass is 16.5. The third-order valence-corrected chi connectivity index (χ3v) is 3.61. The van der Waals surface area contributed by atoms with E-state index in [2.05, 4.69) is 13.8 Å². The maximum Gasteiger partial charge on any atom is 0.162 e.